The maximum absolute atomic E-state index is 5.72. The minimum atomic E-state index is -0.0787. The van der Waals surface area contributed by atoms with E-state index in [0.717, 1.165) is 19.7 Å². The number of methoxy groups -OCH3 is 1. The number of allylic oxidation sites excluding steroid dienone is 4. The zero-order valence-electron chi connectivity index (χ0n) is 25.3. The van der Waals surface area contributed by atoms with Crippen LogP contribution in [0.25, 0.3) is 45.6 Å². The van der Waals surface area contributed by atoms with Crippen molar-refractivity contribution in [2.75, 3.05) is 20.3 Å². The van der Waals surface area contributed by atoms with E-state index in [0.29, 0.717) is 18.6 Å². The molecule has 1 fully saturated rings. The van der Waals surface area contributed by atoms with Crippen molar-refractivity contribution in [3.05, 3.63) is 94.2 Å². The number of epoxide rings is 1. The molecule has 41 heavy (non-hydrogen) atoms. The number of ether oxygens (including phenoxy) is 2. The molecule has 0 N–H and O–H groups in total. The Bertz CT molecular complexity index is 1820. The van der Waals surface area contributed by atoms with Gasteiger partial charge >= 0.3 is 0 Å². The second-order valence-corrected chi connectivity index (χ2v) is 11.8. The summed E-state index contributed by atoms with van der Waals surface area (Å²) in [5, 5.41) is 5.17. The summed E-state index contributed by atoms with van der Waals surface area (Å²) in [6.07, 6.45) is 16.6. The second-order valence-electron chi connectivity index (χ2n) is 11.8. The van der Waals surface area contributed by atoms with Crippen LogP contribution in [0.5, 0.6) is 0 Å². The zero-order valence-corrected chi connectivity index (χ0v) is 25.3. The van der Waals surface area contributed by atoms with Gasteiger partial charge in [-0.3, -0.25) is 0 Å². The molecule has 0 spiro atoms. The molecule has 0 radical (unpaired) electrons. The summed E-state index contributed by atoms with van der Waals surface area (Å²) in [5.41, 5.74) is 7.59. The first-order chi connectivity index (χ1) is 19.9. The highest BCUT2D eigenvalue weighted by Gasteiger charge is 2.30. The lowest BCUT2D eigenvalue weighted by molar-refractivity contribution is 0.187. The lowest BCUT2D eigenvalue weighted by atomic mass is 9.88. The summed E-state index contributed by atoms with van der Waals surface area (Å²) < 4.78 is 16.1. The van der Waals surface area contributed by atoms with Crippen LogP contribution in [0.3, 0.4) is 0 Å². The van der Waals surface area contributed by atoms with Crippen molar-refractivity contribution in [2.45, 2.75) is 53.8 Å². The van der Waals surface area contributed by atoms with Gasteiger partial charge in [0, 0.05) is 62.6 Å². The Morgan fingerprint density at radius 3 is 2.59 bits per heavy atom. The number of rotatable bonds is 6. The molecule has 0 amide bonds. The fraction of sp³-hybridized carbons (Fsp3) is 0.351. The molecule has 7 rings (SSSR count). The minimum Gasteiger partial charge on any atom is -0.383 e. The Balaban J connectivity index is 0.00000148. The largest absolute Gasteiger partial charge is 0.383 e. The maximum Gasteiger partial charge on any atom is 0.0988 e. The van der Waals surface area contributed by atoms with Crippen LogP contribution in [0.2, 0.25) is 0 Å². The van der Waals surface area contributed by atoms with Gasteiger partial charge in [-0.25, -0.2) is 0 Å². The van der Waals surface area contributed by atoms with Crippen LogP contribution in [0.4, 0.5) is 0 Å². The molecule has 3 aliphatic rings. The Hall–Kier alpha value is -3.60. The van der Waals surface area contributed by atoms with E-state index >= 15 is 0 Å². The molecule has 0 bridgehead atoms. The first-order valence-corrected chi connectivity index (χ1v) is 15.1. The van der Waals surface area contributed by atoms with Crippen molar-refractivity contribution in [3.8, 4) is 0 Å². The van der Waals surface area contributed by atoms with Gasteiger partial charge in [0.2, 0.25) is 0 Å². The zero-order chi connectivity index (χ0) is 28.7. The monoisotopic (exact) mass is 546 g/mol. The van der Waals surface area contributed by atoms with Crippen molar-refractivity contribution < 1.29 is 9.47 Å². The Morgan fingerprint density at radius 1 is 1.02 bits per heavy atom. The van der Waals surface area contributed by atoms with Gasteiger partial charge in [-0.15, -0.1) is 0 Å². The number of fused-ring (bicyclic) bond motifs is 6. The van der Waals surface area contributed by atoms with E-state index < -0.39 is 0 Å². The van der Waals surface area contributed by atoms with Crippen molar-refractivity contribution in [1.82, 2.24) is 9.13 Å². The van der Waals surface area contributed by atoms with Crippen LogP contribution in [0.15, 0.2) is 66.8 Å². The number of hydrogen-bond donors (Lipinski definition) is 0. The van der Waals surface area contributed by atoms with Gasteiger partial charge in [-0.1, -0.05) is 101 Å². The van der Waals surface area contributed by atoms with Crippen LogP contribution < -0.4 is 10.6 Å². The Kier molecular flexibility index (Phi) is 7.39. The van der Waals surface area contributed by atoms with Gasteiger partial charge in [0.25, 0.3) is 0 Å². The highest BCUT2D eigenvalue weighted by Crippen LogP contribution is 2.42. The van der Waals surface area contributed by atoms with E-state index in [2.05, 4.69) is 115 Å². The molecule has 1 saturated heterocycles. The van der Waals surface area contributed by atoms with Gasteiger partial charge in [0.05, 0.1) is 31.6 Å². The molecule has 2 atom stereocenters. The highest BCUT2D eigenvalue weighted by atomic mass is 16.6. The Labute approximate surface area is 243 Å². The van der Waals surface area contributed by atoms with Gasteiger partial charge in [0.1, 0.15) is 0 Å². The van der Waals surface area contributed by atoms with Crippen molar-refractivity contribution >= 4 is 45.6 Å². The third-order valence-corrected chi connectivity index (χ3v) is 8.32. The minimum absolute atomic E-state index is 0.0787. The van der Waals surface area contributed by atoms with Crippen LogP contribution in [0.1, 0.15) is 51.4 Å². The summed E-state index contributed by atoms with van der Waals surface area (Å²) in [6, 6.07) is 15.9. The third-order valence-electron chi connectivity index (χ3n) is 8.32. The fourth-order valence-electron chi connectivity index (χ4n) is 6.34. The molecule has 2 aromatic heterocycles. The number of aromatic nitrogens is 2. The normalized spacial score (nSPS) is 20.2. The summed E-state index contributed by atoms with van der Waals surface area (Å²) in [7, 11) is 1.78. The lowest BCUT2D eigenvalue weighted by Crippen LogP contribution is -2.30. The predicted molar refractivity (Wildman–Crippen MR) is 173 cm³/mol. The molecule has 3 heterocycles. The van der Waals surface area contributed by atoms with Gasteiger partial charge in [-0.05, 0) is 29.7 Å². The average Bonchev–Trinajstić information content (AvgIpc) is 3.74. The third kappa shape index (κ3) is 5.05. The number of para-hydroxylation sites is 1. The quantitative estimate of drug-likeness (QED) is 0.246. The van der Waals surface area contributed by atoms with Crippen molar-refractivity contribution in [2.24, 2.45) is 11.3 Å². The molecular formula is C37H42N2O2. The highest BCUT2D eigenvalue weighted by molar-refractivity contribution is 6.00. The summed E-state index contributed by atoms with van der Waals surface area (Å²) >= 11 is 0. The molecule has 0 saturated carbocycles. The molecule has 4 aromatic rings. The fourth-order valence-corrected chi connectivity index (χ4v) is 6.34. The molecule has 4 nitrogen and oxygen atoms in total. The van der Waals surface area contributed by atoms with Gasteiger partial charge in [0.15, 0.2) is 0 Å². The second kappa shape index (κ2) is 11.0. The molecule has 212 valence electrons. The molecular weight excluding hydrogens is 504 g/mol. The summed E-state index contributed by atoms with van der Waals surface area (Å²) in [6.45, 7) is 14.1. The van der Waals surface area contributed by atoms with Crippen LogP contribution in [-0.2, 0) is 22.6 Å². The first kappa shape index (κ1) is 27.6. The summed E-state index contributed by atoms with van der Waals surface area (Å²) in [4.78, 5) is 0. The predicted octanol–water partition coefficient (Wildman–Crippen LogP) is 6.92. The topological polar surface area (TPSA) is 31.6 Å². The number of nitrogens with zero attached hydrogens (tertiary/aromatic N) is 2. The van der Waals surface area contributed by atoms with E-state index in [9.17, 15) is 0 Å². The molecule has 4 heteroatoms. The molecule has 2 aromatic carbocycles. The van der Waals surface area contributed by atoms with Gasteiger partial charge < -0.3 is 18.6 Å². The smallest absolute Gasteiger partial charge is 0.0988 e. The number of benzene rings is 2. The number of hydrogen-bond acceptors (Lipinski definition) is 2. The van der Waals surface area contributed by atoms with Crippen LogP contribution in [-0.4, -0.2) is 35.6 Å². The molecule has 2 unspecified atom stereocenters. The van der Waals surface area contributed by atoms with E-state index in [4.69, 9.17) is 9.47 Å². The van der Waals surface area contributed by atoms with Crippen LogP contribution in [0, 0.1) is 11.3 Å². The van der Waals surface area contributed by atoms with Crippen LogP contribution >= 0.6 is 0 Å². The van der Waals surface area contributed by atoms with Crippen molar-refractivity contribution in [1.29, 1.82) is 0 Å². The molecule has 1 aliphatic heterocycles. The average molecular weight is 547 g/mol. The van der Waals surface area contributed by atoms with E-state index in [1.165, 1.54) is 54.8 Å². The van der Waals surface area contributed by atoms with E-state index in [1.807, 2.05) is 13.8 Å². The van der Waals surface area contributed by atoms with Gasteiger partial charge in [-0.2, -0.15) is 0 Å². The van der Waals surface area contributed by atoms with E-state index in [-0.39, 0.29) is 5.41 Å². The van der Waals surface area contributed by atoms with Crippen molar-refractivity contribution in [3.63, 3.8) is 0 Å². The Morgan fingerprint density at radius 2 is 1.80 bits per heavy atom. The lowest BCUT2D eigenvalue weighted by Gasteiger charge is -2.19. The SMILES string of the molecule is CC.COCCn1c2c(c3cc(C4=CC(C)(C)C=Cc5c4n(CC4CO4)c4ccccc54)ccc31)=CC=CC(C)C=2. The summed E-state index contributed by atoms with van der Waals surface area (Å²) in [5.74, 6) is 0.381. The first-order valence-electron chi connectivity index (χ1n) is 15.1. The molecule has 2 aliphatic carbocycles. The standard InChI is InChI=1S/C35H36N2O2.C2H6/c1-23-8-7-10-27-29-19-24(12-13-32(29)36(16-17-38-4)33(27)18-23)30-20-35(2,3)15-14-28-26-9-5-6-11-31(26)37(34(28)30)21-25-22-39-25;1-2/h5-15,18-20,23,25H,16-17,21-22H2,1-4H3;1-2H3. The van der Waals surface area contributed by atoms with E-state index in [1.54, 1.807) is 7.11 Å². The maximum atomic E-state index is 5.72.